The van der Waals surface area contributed by atoms with Crippen LogP contribution in [0.1, 0.15) is 18.2 Å². The maximum Gasteiger partial charge on any atom is 0.191 e. The molecule has 3 aromatic heterocycles. The molecule has 3 N–H and O–H groups in total. The fraction of sp³-hybridized carbons (Fsp3) is 0.273. The van der Waals surface area contributed by atoms with Crippen molar-refractivity contribution in [1.29, 1.82) is 0 Å². The molecule has 0 radical (unpaired) electrons. The Balaban J connectivity index is 1.33. The quantitative estimate of drug-likeness (QED) is 0.334. The van der Waals surface area contributed by atoms with Crippen LogP contribution >= 0.6 is 0 Å². The molecule has 4 rings (SSSR count). The van der Waals surface area contributed by atoms with E-state index in [-0.39, 0.29) is 5.82 Å². The Morgan fingerprint density at radius 3 is 3.00 bits per heavy atom. The number of rotatable bonds is 7. The number of aliphatic imine (C=N–C) groups is 1. The van der Waals surface area contributed by atoms with Crippen molar-refractivity contribution in [3.8, 4) is 0 Å². The smallest absolute Gasteiger partial charge is 0.191 e. The van der Waals surface area contributed by atoms with E-state index in [0.29, 0.717) is 13.1 Å². The fourth-order valence-corrected chi connectivity index (χ4v) is 3.40. The van der Waals surface area contributed by atoms with E-state index in [9.17, 15) is 4.39 Å². The first-order valence-electron chi connectivity index (χ1n) is 9.93. The first kappa shape index (κ1) is 19.0. The molecule has 4 aromatic rings. The van der Waals surface area contributed by atoms with Crippen molar-refractivity contribution in [3.05, 3.63) is 72.1 Å². The first-order valence-corrected chi connectivity index (χ1v) is 9.93. The maximum atomic E-state index is 13.5. The maximum absolute atomic E-state index is 13.5. The Bertz CT molecular complexity index is 1090. The highest BCUT2D eigenvalue weighted by Gasteiger charge is 2.06. The third-order valence-electron chi connectivity index (χ3n) is 4.81. The van der Waals surface area contributed by atoms with Crippen LogP contribution in [-0.4, -0.2) is 40.0 Å². The molecule has 0 atom stereocenters. The largest absolute Gasteiger partial charge is 0.361 e. The molecule has 1 aromatic carbocycles. The summed E-state index contributed by atoms with van der Waals surface area (Å²) in [5.74, 6) is 0.565. The number of nitrogens with one attached hydrogen (secondary N) is 3. The Morgan fingerprint density at radius 1 is 1.21 bits per heavy atom. The zero-order chi connectivity index (χ0) is 20.1. The van der Waals surface area contributed by atoms with E-state index in [1.165, 1.54) is 6.07 Å². The Kier molecular flexibility index (Phi) is 5.74. The third-order valence-corrected chi connectivity index (χ3v) is 4.81. The van der Waals surface area contributed by atoms with Gasteiger partial charge in [0.2, 0.25) is 0 Å². The number of imidazole rings is 1. The van der Waals surface area contributed by atoms with Crippen molar-refractivity contribution in [1.82, 2.24) is 25.0 Å². The summed E-state index contributed by atoms with van der Waals surface area (Å²) >= 11 is 0. The summed E-state index contributed by atoms with van der Waals surface area (Å²) in [6.45, 7) is 4.20. The topological polar surface area (TPSA) is 69.5 Å². The van der Waals surface area contributed by atoms with Crippen LogP contribution in [0, 0.1) is 5.82 Å². The number of aromatic amines is 1. The highest BCUT2D eigenvalue weighted by atomic mass is 19.1. The lowest BCUT2D eigenvalue weighted by atomic mass is 10.1. The minimum absolute atomic E-state index is 0.215. The predicted molar refractivity (Wildman–Crippen MR) is 115 cm³/mol. The zero-order valence-electron chi connectivity index (χ0n) is 16.5. The number of H-pyrrole nitrogens is 1. The van der Waals surface area contributed by atoms with Gasteiger partial charge in [-0.1, -0.05) is 6.07 Å². The number of fused-ring (bicyclic) bond motifs is 2. The van der Waals surface area contributed by atoms with Crippen molar-refractivity contribution >= 4 is 22.5 Å². The second kappa shape index (κ2) is 8.77. The molecule has 0 unspecified atom stereocenters. The molecule has 0 fully saturated rings. The van der Waals surface area contributed by atoms with E-state index in [1.807, 2.05) is 48.1 Å². The molecule has 0 amide bonds. The van der Waals surface area contributed by atoms with Crippen LogP contribution in [0.2, 0.25) is 0 Å². The molecular formula is C22H25FN6. The number of hydrogen-bond acceptors (Lipinski definition) is 2. The number of nitrogens with zero attached hydrogens (tertiary/aromatic N) is 3. The number of benzene rings is 1. The number of aromatic nitrogens is 3. The van der Waals surface area contributed by atoms with Crippen LogP contribution < -0.4 is 10.6 Å². The van der Waals surface area contributed by atoms with Gasteiger partial charge >= 0.3 is 0 Å². The molecule has 0 saturated heterocycles. The lowest BCUT2D eigenvalue weighted by molar-refractivity contribution is 0.629. The standard InChI is InChI=1S/C22H25FN6/c1-2-24-22(26-11-9-18-15-29-12-4-3-5-21(29)28-18)25-10-8-16-14-27-20-7-6-17(23)13-19(16)20/h3-7,12-15,27H,2,8-11H2,1H3,(H2,24,25,26). The van der Waals surface area contributed by atoms with Crippen molar-refractivity contribution < 1.29 is 4.39 Å². The number of halogens is 1. The first-order chi connectivity index (χ1) is 14.2. The van der Waals surface area contributed by atoms with Crippen LogP contribution in [0.3, 0.4) is 0 Å². The monoisotopic (exact) mass is 392 g/mol. The molecular weight excluding hydrogens is 367 g/mol. The Morgan fingerprint density at radius 2 is 2.14 bits per heavy atom. The van der Waals surface area contributed by atoms with E-state index < -0.39 is 0 Å². The van der Waals surface area contributed by atoms with Gasteiger partial charge in [-0.25, -0.2) is 9.37 Å². The minimum Gasteiger partial charge on any atom is -0.361 e. The van der Waals surface area contributed by atoms with E-state index in [2.05, 4.69) is 25.6 Å². The normalized spacial score (nSPS) is 12.0. The van der Waals surface area contributed by atoms with Crippen LogP contribution in [0.15, 0.2) is 60.0 Å². The van der Waals surface area contributed by atoms with Gasteiger partial charge in [0, 0.05) is 55.5 Å². The lowest BCUT2D eigenvalue weighted by Gasteiger charge is -2.11. The zero-order valence-corrected chi connectivity index (χ0v) is 16.5. The van der Waals surface area contributed by atoms with E-state index >= 15 is 0 Å². The summed E-state index contributed by atoms with van der Waals surface area (Å²) < 4.78 is 15.5. The fourth-order valence-electron chi connectivity index (χ4n) is 3.40. The van der Waals surface area contributed by atoms with Gasteiger partial charge in [-0.15, -0.1) is 0 Å². The molecule has 0 aliphatic carbocycles. The van der Waals surface area contributed by atoms with Gasteiger partial charge in [0.25, 0.3) is 0 Å². The van der Waals surface area contributed by atoms with Gasteiger partial charge in [0.1, 0.15) is 11.5 Å². The summed E-state index contributed by atoms with van der Waals surface area (Å²) in [6, 6.07) is 10.8. The second-order valence-electron chi connectivity index (χ2n) is 6.89. The minimum atomic E-state index is -0.215. The van der Waals surface area contributed by atoms with Crippen molar-refractivity contribution in [3.63, 3.8) is 0 Å². The van der Waals surface area contributed by atoms with Gasteiger partial charge in [-0.3, -0.25) is 4.99 Å². The lowest BCUT2D eigenvalue weighted by Crippen LogP contribution is -2.38. The summed E-state index contributed by atoms with van der Waals surface area (Å²) in [5, 5.41) is 7.56. The number of hydrogen-bond donors (Lipinski definition) is 3. The van der Waals surface area contributed by atoms with E-state index in [1.54, 1.807) is 12.1 Å². The van der Waals surface area contributed by atoms with Crippen LogP contribution in [-0.2, 0) is 12.8 Å². The summed E-state index contributed by atoms with van der Waals surface area (Å²) in [5.41, 5.74) is 4.02. The summed E-state index contributed by atoms with van der Waals surface area (Å²) in [7, 11) is 0. The Hall–Kier alpha value is -3.35. The molecule has 0 aliphatic heterocycles. The van der Waals surface area contributed by atoms with Gasteiger partial charge in [-0.2, -0.15) is 0 Å². The molecule has 0 bridgehead atoms. The van der Waals surface area contributed by atoms with E-state index in [0.717, 1.165) is 53.2 Å². The SMILES string of the molecule is CCNC(=NCCc1cn2ccccc2n1)NCCc1c[nH]c2ccc(F)cc12. The highest BCUT2D eigenvalue weighted by molar-refractivity contribution is 5.83. The number of guanidine groups is 1. The second-order valence-corrected chi connectivity index (χ2v) is 6.89. The predicted octanol–water partition coefficient (Wildman–Crippen LogP) is 3.30. The molecule has 0 saturated carbocycles. The molecule has 6 nitrogen and oxygen atoms in total. The molecule has 0 aliphatic rings. The van der Waals surface area contributed by atoms with E-state index in [4.69, 9.17) is 0 Å². The van der Waals surface area contributed by atoms with Gasteiger partial charge in [0.05, 0.1) is 5.69 Å². The summed E-state index contributed by atoms with van der Waals surface area (Å²) in [6.07, 6.45) is 7.54. The third kappa shape index (κ3) is 4.56. The van der Waals surface area contributed by atoms with Crippen LogP contribution in [0.25, 0.3) is 16.6 Å². The summed E-state index contributed by atoms with van der Waals surface area (Å²) in [4.78, 5) is 12.5. The van der Waals surface area contributed by atoms with Gasteiger partial charge < -0.3 is 20.0 Å². The van der Waals surface area contributed by atoms with Crippen LogP contribution in [0.5, 0.6) is 0 Å². The van der Waals surface area contributed by atoms with Crippen molar-refractivity contribution in [2.75, 3.05) is 19.6 Å². The molecule has 150 valence electrons. The van der Waals surface area contributed by atoms with Gasteiger partial charge in [0.15, 0.2) is 5.96 Å². The molecule has 7 heteroatoms. The van der Waals surface area contributed by atoms with Crippen molar-refractivity contribution in [2.45, 2.75) is 19.8 Å². The molecule has 0 spiro atoms. The molecule has 3 heterocycles. The number of pyridine rings is 1. The van der Waals surface area contributed by atoms with Gasteiger partial charge in [-0.05, 0) is 49.2 Å². The Labute approximate surface area is 168 Å². The van der Waals surface area contributed by atoms with Crippen LogP contribution in [0.4, 0.5) is 4.39 Å². The highest BCUT2D eigenvalue weighted by Crippen LogP contribution is 2.19. The average molecular weight is 392 g/mol. The van der Waals surface area contributed by atoms with Crippen molar-refractivity contribution in [2.24, 2.45) is 4.99 Å². The average Bonchev–Trinajstić information content (AvgIpc) is 3.31. The molecule has 29 heavy (non-hydrogen) atoms.